The van der Waals surface area contributed by atoms with Crippen LogP contribution >= 0.6 is 33.9 Å². The predicted octanol–water partition coefficient (Wildman–Crippen LogP) is 3.01. The highest BCUT2D eigenvalue weighted by Gasteiger charge is 2.08. The third-order valence-corrected chi connectivity index (χ3v) is 3.82. The summed E-state index contributed by atoms with van der Waals surface area (Å²) in [6, 6.07) is 5.30. The number of rotatable bonds is 3. The maximum absolute atomic E-state index is 11.8. The van der Waals surface area contributed by atoms with Crippen molar-refractivity contribution in [1.29, 1.82) is 0 Å². The molecule has 0 saturated carbocycles. The molecule has 1 N–H and O–H groups in total. The average Bonchev–Trinajstić information content (AvgIpc) is 2.77. The highest BCUT2D eigenvalue weighted by Crippen LogP contribution is 2.18. The third-order valence-electron chi connectivity index (χ3n) is 2.03. The first kappa shape index (κ1) is 12.3. The first-order valence-electron chi connectivity index (χ1n) is 4.74. The number of methoxy groups -OCH3 is 1. The number of carbonyl (C=O) groups is 1. The minimum Gasteiger partial charge on any atom is -0.481 e. The number of nitrogens with zero attached hydrogens (tertiary/aromatic N) is 1. The van der Waals surface area contributed by atoms with Gasteiger partial charge in [-0.05, 0) is 34.7 Å². The van der Waals surface area contributed by atoms with Gasteiger partial charge in [-0.1, -0.05) is 0 Å². The standard InChI is InChI=1S/C11H9IN2O2S/c1-16-10-3-2-8(5-13-10)14-11(15)7-4-9(12)17-6-7/h2-6H,1H3,(H,14,15). The summed E-state index contributed by atoms with van der Waals surface area (Å²) in [5.41, 5.74) is 1.31. The van der Waals surface area contributed by atoms with Crippen LogP contribution in [0.1, 0.15) is 10.4 Å². The number of hydrogen-bond acceptors (Lipinski definition) is 4. The molecule has 0 aliphatic heterocycles. The van der Waals surface area contributed by atoms with Crippen LogP contribution in [-0.2, 0) is 0 Å². The molecule has 0 bridgehead atoms. The molecule has 0 radical (unpaired) electrons. The number of anilines is 1. The van der Waals surface area contributed by atoms with Gasteiger partial charge in [-0.2, -0.15) is 0 Å². The number of thiophene rings is 1. The average molecular weight is 360 g/mol. The predicted molar refractivity (Wildman–Crippen MR) is 75.8 cm³/mol. The lowest BCUT2D eigenvalue weighted by Gasteiger charge is -2.04. The van der Waals surface area contributed by atoms with Gasteiger partial charge in [0.2, 0.25) is 5.88 Å². The van der Waals surface area contributed by atoms with E-state index in [0.717, 1.165) is 2.88 Å². The largest absolute Gasteiger partial charge is 0.481 e. The Morgan fingerprint density at radius 1 is 1.53 bits per heavy atom. The van der Waals surface area contributed by atoms with Gasteiger partial charge in [-0.3, -0.25) is 4.79 Å². The van der Waals surface area contributed by atoms with Gasteiger partial charge in [0.25, 0.3) is 5.91 Å². The van der Waals surface area contributed by atoms with Crippen LogP contribution in [0.5, 0.6) is 5.88 Å². The number of halogens is 1. The van der Waals surface area contributed by atoms with Crippen LogP contribution in [0.25, 0.3) is 0 Å². The number of ether oxygens (including phenoxy) is 1. The van der Waals surface area contributed by atoms with E-state index >= 15 is 0 Å². The molecular formula is C11H9IN2O2S. The van der Waals surface area contributed by atoms with Crippen molar-refractivity contribution < 1.29 is 9.53 Å². The molecule has 6 heteroatoms. The van der Waals surface area contributed by atoms with E-state index in [2.05, 4.69) is 32.9 Å². The lowest BCUT2D eigenvalue weighted by Crippen LogP contribution is -2.10. The minimum atomic E-state index is -0.129. The molecule has 88 valence electrons. The molecule has 2 heterocycles. The summed E-state index contributed by atoms with van der Waals surface area (Å²) in [5, 5.41) is 4.60. The highest BCUT2D eigenvalue weighted by molar-refractivity contribution is 14.1. The fraction of sp³-hybridized carbons (Fsp3) is 0.0909. The number of carbonyl (C=O) groups excluding carboxylic acids is 1. The van der Waals surface area contributed by atoms with E-state index in [1.165, 1.54) is 11.3 Å². The van der Waals surface area contributed by atoms with Crippen LogP contribution in [0.15, 0.2) is 29.8 Å². The van der Waals surface area contributed by atoms with Crippen LogP contribution in [0, 0.1) is 2.88 Å². The number of amides is 1. The topological polar surface area (TPSA) is 51.2 Å². The molecular weight excluding hydrogens is 351 g/mol. The quantitative estimate of drug-likeness (QED) is 0.857. The van der Waals surface area contributed by atoms with Gasteiger partial charge < -0.3 is 10.1 Å². The molecule has 0 atom stereocenters. The SMILES string of the molecule is COc1ccc(NC(=O)c2csc(I)c2)cn1. The lowest BCUT2D eigenvalue weighted by molar-refractivity contribution is 0.102. The summed E-state index contributed by atoms with van der Waals surface area (Å²) in [7, 11) is 1.55. The van der Waals surface area contributed by atoms with Gasteiger partial charge in [-0.25, -0.2) is 4.98 Å². The van der Waals surface area contributed by atoms with Gasteiger partial charge in [0, 0.05) is 11.4 Å². The monoisotopic (exact) mass is 360 g/mol. The van der Waals surface area contributed by atoms with Gasteiger partial charge in [0.15, 0.2) is 0 Å². The Labute approximate surface area is 116 Å². The van der Waals surface area contributed by atoms with Gasteiger partial charge in [0.05, 0.1) is 27.4 Å². The van der Waals surface area contributed by atoms with Crippen LogP contribution in [-0.4, -0.2) is 18.0 Å². The minimum absolute atomic E-state index is 0.129. The molecule has 0 aromatic carbocycles. The zero-order valence-electron chi connectivity index (χ0n) is 8.94. The summed E-state index contributed by atoms with van der Waals surface area (Å²) in [6.45, 7) is 0. The van der Waals surface area contributed by atoms with E-state index < -0.39 is 0 Å². The summed E-state index contributed by atoms with van der Waals surface area (Å²) >= 11 is 3.72. The molecule has 4 nitrogen and oxygen atoms in total. The zero-order chi connectivity index (χ0) is 12.3. The number of hydrogen-bond donors (Lipinski definition) is 1. The molecule has 0 unspecified atom stereocenters. The summed E-state index contributed by atoms with van der Waals surface area (Å²) in [4.78, 5) is 15.8. The lowest BCUT2D eigenvalue weighted by atomic mass is 10.3. The Morgan fingerprint density at radius 2 is 2.35 bits per heavy atom. The molecule has 0 fully saturated rings. The Hall–Kier alpha value is -1.15. The van der Waals surface area contributed by atoms with E-state index in [0.29, 0.717) is 17.1 Å². The van der Waals surface area contributed by atoms with Crippen LogP contribution in [0.4, 0.5) is 5.69 Å². The van der Waals surface area contributed by atoms with Crippen molar-refractivity contribution in [2.24, 2.45) is 0 Å². The Balaban J connectivity index is 2.07. The maximum atomic E-state index is 11.8. The van der Waals surface area contributed by atoms with E-state index in [1.54, 1.807) is 25.4 Å². The normalized spacial score (nSPS) is 10.0. The van der Waals surface area contributed by atoms with Gasteiger partial charge >= 0.3 is 0 Å². The van der Waals surface area contributed by atoms with Crippen molar-refractivity contribution >= 4 is 45.5 Å². The van der Waals surface area contributed by atoms with E-state index in [9.17, 15) is 4.79 Å². The van der Waals surface area contributed by atoms with Crippen molar-refractivity contribution in [1.82, 2.24) is 4.98 Å². The Morgan fingerprint density at radius 3 is 2.88 bits per heavy atom. The van der Waals surface area contributed by atoms with Crippen molar-refractivity contribution in [2.45, 2.75) is 0 Å². The number of aromatic nitrogens is 1. The van der Waals surface area contributed by atoms with Gasteiger partial charge in [0.1, 0.15) is 0 Å². The summed E-state index contributed by atoms with van der Waals surface area (Å²) in [6.07, 6.45) is 1.56. The maximum Gasteiger partial charge on any atom is 0.256 e. The van der Waals surface area contributed by atoms with E-state index in [4.69, 9.17) is 4.74 Å². The van der Waals surface area contributed by atoms with Crippen LogP contribution in [0.2, 0.25) is 0 Å². The molecule has 0 saturated heterocycles. The molecule has 0 aliphatic carbocycles. The molecule has 1 amide bonds. The smallest absolute Gasteiger partial charge is 0.256 e. The molecule has 17 heavy (non-hydrogen) atoms. The second kappa shape index (κ2) is 5.46. The molecule has 0 spiro atoms. The van der Waals surface area contributed by atoms with Crippen LogP contribution < -0.4 is 10.1 Å². The van der Waals surface area contributed by atoms with Crippen molar-refractivity contribution in [3.63, 3.8) is 0 Å². The first-order valence-corrected chi connectivity index (χ1v) is 6.70. The first-order chi connectivity index (χ1) is 8.19. The van der Waals surface area contributed by atoms with Crippen molar-refractivity contribution in [3.05, 3.63) is 38.2 Å². The van der Waals surface area contributed by atoms with Crippen molar-refractivity contribution in [2.75, 3.05) is 12.4 Å². The van der Waals surface area contributed by atoms with E-state index in [-0.39, 0.29) is 5.91 Å². The Bertz CT molecular complexity index is 525. The third kappa shape index (κ3) is 3.16. The zero-order valence-corrected chi connectivity index (χ0v) is 11.9. The molecule has 2 aromatic heterocycles. The fourth-order valence-electron chi connectivity index (χ4n) is 1.21. The fourth-order valence-corrected chi connectivity index (χ4v) is 2.53. The summed E-state index contributed by atoms with van der Waals surface area (Å²) in [5.74, 6) is 0.393. The molecule has 2 aromatic rings. The van der Waals surface area contributed by atoms with Crippen molar-refractivity contribution in [3.8, 4) is 5.88 Å². The second-order valence-electron chi connectivity index (χ2n) is 3.18. The molecule has 0 aliphatic rings. The Kier molecular flexibility index (Phi) is 3.95. The van der Waals surface area contributed by atoms with Gasteiger partial charge in [-0.15, -0.1) is 11.3 Å². The molecule has 2 rings (SSSR count). The number of pyridine rings is 1. The summed E-state index contributed by atoms with van der Waals surface area (Å²) < 4.78 is 6.02. The highest BCUT2D eigenvalue weighted by atomic mass is 127. The number of nitrogens with one attached hydrogen (secondary N) is 1. The van der Waals surface area contributed by atoms with E-state index in [1.807, 2.05) is 11.4 Å². The second-order valence-corrected chi connectivity index (χ2v) is 5.99. The van der Waals surface area contributed by atoms with Crippen LogP contribution in [0.3, 0.4) is 0 Å².